The molecule has 2 heterocycles. The molecule has 7 nitrogen and oxygen atoms in total. The highest BCUT2D eigenvalue weighted by Gasteiger charge is 2.36. The maximum absolute atomic E-state index is 13.6. The molecule has 27 heavy (non-hydrogen) atoms. The van der Waals surface area contributed by atoms with Gasteiger partial charge in [-0.25, -0.2) is 4.39 Å². The van der Waals surface area contributed by atoms with E-state index in [2.05, 4.69) is 15.5 Å². The summed E-state index contributed by atoms with van der Waals surface area (Å²) in [6.07, 6.45) is 0.120. The molecule has 0 saturated carbocycles. The van der Waals surface area contributed by atoms with E-state index in [1.807, 2.05) is 6.92 Å². The van der Waals surface area contributed by atoms with E-state index in [0.717, 1.165) is 0 Å². The summed E-state index contributed by atoms with van der Waals surface area (Å²) < 4.78 is 18.9. The minimum atomic E-state index is -0.466. The van der Waals surface area contributed by atoms with E-state index < -0.39 is 5.92 Å². The number of nitrogens with one attached hydrogen (secondary N) is 1. The number of ether oxygens (including phenoxy) is 1. The Morgan fingerprint density at radius 1 is 1.44 bits per heavy atom. The van der Waals surface area contributed by atoms with Gasteiger partial charge >= 0.3 is 0 Å². The summed E-state index contributed by atoms with van der Waals surface area (Å²) in [5, 5.41) is 12.0. The van der Waals surface area contributed by atoms with E-state index in [1.165, 1.54) is 22.3 Å². The first-order valence-corrected chi connectivity index (χ1v) is 9.52. The Bertz CT molecular complexity index is 842. The molecule has 0 radical (unpaired) electrons. The number of hydrogen-bond acceptors (Lipinski definition) is 6. The van der Waals surface area contributed by atoms with Gasteiger partial charge in [0.15, 0.2) is 0 Å². The first kappa shape index (κ1) is 19.4. The number of benzene rings is 1. The molecule has 0 bridgehead atoms. The summed E-state index contributed by atoms with van der Waals surface area (Å²) in [7, 11) is 0. The van der Waals surface area contributed by atoms with Gasteiger partial charge in [0.1, 0.15) is 17.4 Å². The fourth-order valence-corrected chi connectivity index (χ4v) is 3.55. The third kappa shape index (κ3) is 4.67. The van der Waals surface area contributed by atoms with Crippen LogP contribution in [0.2, 0.25) is 0 Å². The molecular weight excluding hydrogens is 371 g/mol. The Morgan fingerprint density at radius 2 is 2.26 bits per heavy atom. The number of halogens is 1. The molecule has 0 spiro atoms. The Kier molecular flexibility index (Phi) is 6.12. The van der Waals surface area contributed by atoms with Crippen molar-refractivity contribution in [2.75, 3.05) is 18.1 Å². The molecular formula is C18H21FN4O3S. The highest BCUT2D eigenvalue weighted by Crippen LogP contribution is 2.28. The monoisotopic (exact) mass is 392 g/mol. The zero-order chi connectivity index (χ0) is 19.4. The number of aromatic nitrogens is 2. The normalized spacial score (nSPS) is 16.8. The van der Waals surface area contributed by atoms with E-state index in [1.54, 1.807) is 19.1 Å². The van der Waals surface area contributed by atoms with Gasteiger partial charge < -0.3 is 10.1 Å². The predicted octanol–water partition coefficient (Wildman–Crippen LogP) is 2.19. The molecule has 2 amide bonds. The number of carbonyl (C=O) groups excluding carboxylic acids is 2. The fourth-order valence-electron chi connectivity index (χ4n) is 2.75. The van der Waals surface area contributed by atoms with Gasteiger partial charge in [-0.2, -0.15) is 0 Å². The number of anilines is 1. The zero-order valence-electron chi connectivity index (χ0n) is 15.2. The average molecular weight is 392 g/mol. The average Bonchev–Trinajstić information content (AvgIpc) is 3.27. The molecule has 1 aromatic heterocycles. The summed E-state index contributed by atoms with van der Waals surface area (Å²) >= 11 is 1.29. The predicted molar refractivity (Wildman–Crippen MR) is 98.7 cm³/mol. The molecule has 1 aliphatic heterocycles. The molecule has 1 atom stereocenters. The van der Waals surface area contributed by atoms with Crippen molar-refractivity contribution < 1.29 is 18.7 Å². The van der Waals surface area contributed by atoms with Crippen molar-refractivity contribution in [3.05, 3.63) is 40.2 Å². The van der Waals surface area contributed by atoms with E-state index in [9.17, 15) is 14.0 Å². The standard InChI is InChI=1S/C18H21FN4O3S/c1-3-26-10-15-21-22-18(27-15)23-9-13(7-16(23)24)17(25)20-8-12-5-4-11(2)14(19)6-12/h4-6,13H,3,7-10H2,1-2H3,(H,20,25). The molecule has 3 rings (SSSR count). The Balaban J connectivity index is 1.56. The van der Waals surface area contributed by atoms with Crippen LogP contribution in [-0.4, -0.2) is 35.2 Å². The highest BCUT2D eigenvalue weighted by atomic mass is 32.1. The second kappa shape index (κ2) is 8.53. The minimum Gasteiger partial charge on any atom is -0.374 e. The van der Waals surface area contributed by atoms with Crippen molar-refractivity contribution in [2.45, 2.75) is 33.4 Å². The van der Waals surface area contributed by atoms with Gasteiger partial charge in [-0.15, -0.1) is 10.2 Å². The quantitative estimate of drug-likeness (QED) is 0.781. The van der Waals surface area contributed by atoms with Crippen molar-refractivity contribution in [3.8, 4) is 0 Å². The van der Waals surface area contributed by atoms with Crippen molar-refractivity contribution in [1.82, 2.24) is 15.5 Å². The van der Waals surface area contributed by atoms with Crippen LogP contribution >= 0.6 is 11.3 Å². The third-order valence-corrected chi connectivity index (χ3v) is 5.24. The molecule has 1 N–H and O–H groups in total. The lowest BCUT2D eigenvalue weighted by molar-refractivity contribution is -0.126. The number of carbonyl (C=O) groups is 2. The molecule has 1 aromatic carbocycles. The van der Waals surface area contributed by atoms with Gasteiger partial charge in [0.05, 0.1) is 5.92 Å². The van der Waals surface area contributed by atoms with Crippen LogP contribution < -0.4 is 10.2 Å². The van der Waals surface area contributed by atoms with Crippen molar-refractivity contribution in [2.24, 2.45) is 5.92 Å². The summed E-state index contributed by atoms with van der Waals surface area (Å²) in [6.45, 7) is 4.98. The first-order chi connectivity index (χ1) is 13.0. The molecule has 1 aliphatic rings. The lowest BCUT2D eigenvalue weighted by atomic mass is 10.1. The topological polar surface area (TPSA) is 84.4 Å². The van der Waals surface area contributed by atoms with E-state index in [-0.39, 0.29) is 37.1 Å². The van der Waals surface area contributed by atoms with E-state index in [0.29, 0.717) is 34.5 Å². The molecule has 1 unspecified atom stereocenters. The van der Waals surface area contributed by atoms with E-state index in [4.69, 9.17) is 4.74 Å². The molecule has 2 aromatic rings. The molecule has 1 saturated heterocycles. The zero-order valence-corrected chi connectivity index (χ0v) is 16.0. The summed E-state index contributed by atoms with van der Waals surface area (Å²) in [5.74, 6) is -1.16. The second-order valence-corrected chi connectivity index (χ2v) is 7.36. The number of rotatable bonds is 7. The van der Waals surface area contributed by atoms with Gasteiger partial charge in [0.25, 0.3) is 0 Å². The first-order valence-electron chi connectivity index (χ1n) is 8.71. The number of amides is 2. The third-order valence-electron chi connectivity index (χ3n) is 4.32. The fraction of sp³-hybridized carbons (Fsp3) is 0.444. The molecule has 0 aliphatic carbocycles. The summed E-state index contributed by atoms with van der Waals surface area (Å²) in [4.78, 5) is 26.2. The smallest absolute Gasteiger partial charge is 0.229 e. The van der Waals surface area contributed by atoms with Gasteiger partial charge in [0, 0.05) is 26.1 Å². The Morgan fingerprint density at radius 3 is 3.00 bits per heavy atom. The Hall–Kier alpha value is -2.39. The summed E-state index contributed by atoms with van der Waals surface area (Å²) in [6, 6.07) is 4.85. The van der Waals surface area contributed by atoms with Crippen molar-refractivity contribution >= 4 is 28.3 Å². The lowest BCUT2D eigenvalue weighted by Crippen LogP contribution is -2.32. The van der Waals surface area contributed by atoms with Crippen LogP contribution in [0.4, 0.5) is 9.52 Å². The minimum absolute atomic E-state index is 0.120. The Labute approximate surface area is 160 Å². The molecule has 144 valence electrons. The maximum Gasteiger partial charge on any atom is 0.229 e. The van der Waals surface area contributed by atoms with Crippen molar-refractivity contribution in [3.63, 3.8) is 0 Å². The lowest BCUT2D eigenvalue weighted by Gasteiger charge is -2.13. The second-order valence-electron chi connectivity index (χ2n) is 6.32. The number of nitrogens with zero attached hydrogens (tertiary/aromatic N) is 3. The maximum atomic E-state index is 13.6. The van der Waals surface area contributed by atoms with Crippen LogP contribution in [0.5, 0.6) is 0 Å². The van der Waals surface area contributed by atoms with Gasteiger partial charge in [-0.05, 0) is 31.0 Å². The van der Waals surface area contributed by atoms with Crippen LogP contribution in [-0.2, 0) is 27.5 Å². The van der Waals surface area contributed by atoms with Crippen LogP contribution in [0.25, 0.3) is 0 Å². The highest BCUT2D eigenvalue weighted by molar-refractivity contribution is 7.15. The largest absolute Gasteiger partial charge is 0.374 e. The SMILES string of the molecule is CCOCc1nnc(N2CC(C(=O)NCc3ccc(C)c(F)c3)CC2=O)s1. The van der Waals surface area contributed by atoms with Crippen molar-refractivity contribution in [1.29, 1.82) is 0 Å². The van der Waals surface area contributed by atoms with Crippen LogP contribution in [0.15, 0.2) is 18.2 Å². The number of aryl methyl sites for hydroxylation is 1. The van der Waals surface area contributed by atoms with Crippen LogP contribution in [0.3, 0.4) is 0 Å². The van der Waals surface area contributed by atoms with Crippen LogP contribution in [0.1, 0.15) is 29.5 Å². The number of hydrogen-bond donors (Lipinski definition) is 1. The van der Waals surface area contributed by atoms with Crippen LogP contribution in [0, 0.1) is 18.7 Å². The summed E-state index contributed by atoms with van der Waals surface area (Å²) in [5.41, 5.74) is 1.24. The van der Waals surface area contributed by atoms with Gasteiger partial charge in [-0.3, -0.25) is 14.5 Å². The van der Waals surface area contributed by atoms with Gasteiger partial charge in [0.2, 0.25) is 16.9 Å². The molecule has 9 heteroatoms. The van der Waals surface area contributed by atoms with Gasteiger partial charge in [-0.1, -0.05) is 23.5 Å². The molecule has 1 fully saturated rings. The van der Waals surface area contributed by atoms with E-state index >= 15 is 0 Å².